The molecule has 0 bridgehead atoms. The van der Waals surface area contributed by atoms with E-state index >= 15 is 0 Å². The maximum absolute atomic E-state index is 12.6. The summed E-state index contributed by atoms with van der Waals surface area (Å²) in [6.45, 7) is 2.01. The number of nitrogens with one attached hydrogen (secondary N) is 1. The SMILES string of the molecule is CN1CCC(NC(=O)C2=Cc3ncnc4ncnc2c34)CC1. The Kier molecular flexibility index (Phi) is 3.07. The van der Waals surface area contributed by atoms with E-state index in [2.05, 4.69) is 37.2 Å². The molecule has 0 saturated carbocycles. The number of hydrogen-bond donors (Lipinski definition) is 1. The van der Waals surface area contributed by atoms with Crippen LogP contribution in [0, 0.1) is 0 Å². The number of rotatable bonds is 2. The van der Waals surface area contributed by atoms with Gasteiger partial charge in [-0.1, -0.05) is 0 Å². The first-order valence-electron chi connectivity index (χ1n) is 7.39. The maximum Gasteiger partial charge on any atom is 0.253 e. The molecule has 1 aliphatic carbocycles. The highest BCUT2D eigenvalue weighted by Gasteiger charge is 2.27. The van der Waals surface area contributed by atoms with Crippen molar-refractivity contribution in [1.82, 2.24) is 30.2 Å². The molecule has 112 valence electrons. The van der Waals surface area contributed by atoms with Crippen molar-refractivity contribution < 1.29 is 4.79 Å². The van der Waals surface area contributed by atoms with Crippen molar-refractivity contribution >= 4 is 28.6 Å². The number of nitrogens with zero attached hydrogens (tertiary/aromatic N) is 5. The number of aromatic nitrogens is 4. The van der Waals surface area contributed by atoms with Gasteiger partial charge in [0.2, 0.25) is 0 Å². The minimum absolute atomic E-state index is 0.0902. The lowest BCUT2D eigenvalue weighted by Crippen LogP contribution is -2.43. The molecular formula is C15H16N6O. The average Bonchev–Trinajstić information content (AvgIpc) is 2.91. The molecule has 2 aliphatic rings. The van der Waals surface area contributed by atoms with E-state index in [-0.39, 0.29) is 11.9 Å². The second-order valence-corrected chi connectivity index (χ2v) is 5.79. The smallest absolute Gasteiger partial charge is 0.253 e. The Morgan fingerprint density at radius 1 is 1.18 bits per heavy atom. The van der Waals surface area contributed by atoms with Gasteiger partial charge in [-0.3, -0.25) is 4.79 Å². The van der Waals surface area contributed by atoms with Crippen molar-refractivity contribution in [2.75, 3.05) is 20.1 Å². The van der Waals surface area contributed by atoms with Gasteiger partial charge < -0.3 is 10.2 Å². The Balaban J connectivity index is 1.59. The molecule has 2 aromatic rings. The first kappa shape index (κ1) is 13.3. The van der Waals surface area contributed by atoms with Crippen LogP contribution in [-0.2, 0) is 4.79 Å². The summed E-state index contributed by atoms with van der Waals surface area (Å²) in [5.41, 5.74) is 2.48. The number of carbonyl (C=O) groups excluding carboxylic acids is 1. The molecule has 7 heteroatoms. The van der Waals surface area contributed by atoms with E-state index in [1.165, 1.54) is 12.7 Å². The van der Waals surface area contributed by atoms with Gasteiger partial charge in [-0.15, -0.1) is 0 Å². The fraction of sp³-hybridized carbons (Fsp3) is 0.400. The molecule has 1 saturated heterocycles. The standard InChI is InChI=1S/C15H16N6O/c1-21-4-2-9(3-5-21)20-15(22)10-6-11-12-13(10)17-8-19-14(12)18-7-16-11/h6-9H,2-5H2,1H3,(H,20,22). The summed E-state index contributed by atoms with van der Waals surface area (Å²) >= 11 is 0. The van der Waals surface area contributed by atoms with Crippen molar-refractivity contribution in [3.05, 3.63) is 24.0 Å². The molecule has 0 radical (unpaired) electrons. The van der Waals surface area contributed by atoms with Crippen LogP contribution >= 0.6 is 0 Å². The Labute approximate surface area is 127 Å². The van der Waals surface area contributed by atoms with Crippen molar-refractivity contribution in [3.63, 3.8) is 0 Å². The van der Waals surface area contributed by atoms with Gasteiger partial charge in [0.05, 0.1) is 22.3 Å². The zero-order chi connectivity index (χ0) is 15.1. The van der Waals surface area contributed by atoms with Crippen LogP contribution in [0.25, 0.3) is 22.7 Å². The quantitative estimate of drug-likeness (QED) is 0.868. The number of hydrogen-bond acceptors (Lipinski definition) is 6. The van der Waals surface area contributed by atoms with E-state index in [9.17, 15) is 4.79 Å². The van der Waals surface area contributed by atoms with Crippen molar-refractivity contribution in [1.29, 1.82) is 0 Å². The molecule has 1 amide bonds. The van der Waals surface area contributed by atoms with Gasteiger partial charge in [0.1, 0.15) is 12.7 Å². The highest BCUT2D eigenvalue weighted by atomic mass is 16.1. The lowest BCUT2D eigenvalue weighted by Gasteiger charge is -2.29. The molecule has 0 aromatic carbocycles. The lowest BCUT2D eigenvalue weighted by molar-refractivity contribution is -0.116. The van der Waals surface area contributed by atoms with Crippen LogP contribution in [0.4, 0.5) is 0 Å². The number of carbonyl (C=O) groups is 1. The largest absolute Gasteiger partial charge is 0.349 e. The Bertz CT molecular complexity index is 773. The minimum Gasteiger partial charge on any atom is -0.349 e. The van der Waals surface area contributed by atoms with Crippen LogP contribution in [0.1, 0.15) is 24.2 Å². The van der Waals surface area contributed by atoms with E-state index in [4.69, 9.17) is 0 Å². The monoisotopic (exact) mass is 296 g/mol. The third-order valence-corrected chi connectivity index (χ3v) is 4.29. The normalized spacial score (nSPS) is 18.5. The van der Waals surface area contributed by atoms with Gasteiger partial charge in [0.15, 0.2) is 5.65 Å². The maximum atomic E-state index is 12.6. The van der Waals surface area contributed by atoms with Gasteiger partial charge >= 0.3 is 0 Å². The average molecular weight is 296 g/mol. The van der Waals surface area contributed by atoms with Crippen molar-refractivity contribution in [2.24, 2.45) is 0 Å². The number of likely N-dealkylation sites (tertiary alicyclic amines) is 1. The molecule has 3 heterocycles. The molecule has 0 atom stereocenters. The summed E-state index contributed by atoms with van der Waals surface area (Å²) in [5, 5.41) is 3.88. The highest BCUT2D eigenvalue weighted by Crippen LogP contribution is 2.32. The Hall–Kier alpha value is -2.41. The van der Waals surface area contributed by atoms with Crippen LogP contribution in [0.3, 0.4) is 0 Å². The molecule has 1 aliphatic heterocycles. The van der Waals surface area contributed by atoms with E-state index in [1.807, 2.05) is 0 Å². The topological polar surface area (TPSA) is 83.9 Å². The van der Waals surface area contributed by atoms with E-state index in [1.54, 1.807) is 6.08 Å². The predicted octanol–water partition coefficient (Wildman–Crippen LogP) is 0.484. The third-order valence-electron chi connectivity index (χ3n) is 4.29. The summed E-state index contributed by atoms with van der Waals surface area (Å²) in [6, 6.07) is 0.219. The van der Waals surface area contributed by atoms with E-state index < -0.39 is 0 Å². The zero-order valence-electron chi connectivity index (χ0n) is 12.3. The molecular weight excluding hydrogens is 280 g/mol. The molecule has 4 rings (SSSR count). The van der Waals surface area contributed by atoms with Crippen molar-refractivity contribution in [2.45, 2.75) is 18.9 Å². The van der Waals surface area contributed by atoms with Crippen LogP contribution in [-0.4, -0.2) is 56.9 Å². The van der Waals surface area contributed by atoms with Crippen LogP contribution in [0.5, 0.6) is 0 Å². The zero-order valence-corrected chi connectivity index (χ0v) is 12.3. The van der Waals surface area contributed by atoms with Gasteiger partial charge in [-0.25, -0.2) is 19.9 Å². The minimum atomic E-state index is -0.0902. The molecule has 1 N–H and O–H groups in total. The van der Waals surface area contributed by atoms with Crippen LogP contribution in [0.2, 0.25) is 0 Å². The van der Waals surface area contributed by atoms with E-state index in [0.29, 0.717) is 22.6 Å². The third kappa shape index (κ3) is 2.14. The molecule has 0 spiro atoms. The number of amides is 1. The van der Waals surface area contributed by atoms with Crippen molar-refractivity contribution in [3.8, 4) is 0 Å². The van der Waals surface area contributed by atoms with Gasteiger partial charge in [0.25, 0.3) is 5.91 Å². The summed E-state index contributed by atoms with van der Waals surface area (Å²) in [7, 11) is 2.10. The molecule has 7 nitrogen and oxygen atoms in total. The first-order valence-corrected chi connectivity index (χ1v) is 7.39. The Morgan fingerprint density at radius 2 is 1.91 bits per heavy atom. The molecule has 1 fully saturated rings. The summed E-state index contributed by atoms with van der Waals surface area (Å²) in [4.78, 5) is 31.6. The fourth-order valence-corrected chi connectivity index (χ4v) is 3.03. The number of piperidine rings is 1. The van der Waals surface area contributed by atoms with Gasteiger partial charge in [-0.05, 0) is 39.1 Å². The van der Waals surface area contributed by atoms with E-state index in [0.717, 1.165) is 31.3 Å². The highest BCUT2D eigenvalue weighted by molar-refractivity contribution is 6.29. The summed E-state index contributed by atoms with van der Waals surface area (Å²) in [5.74, 6) is -0.0902. The second-order valence-electron chi connectivity index (χ2n) is 5.79. The molecule has 2 aromatic heterocycles. The second kappa shape index (κ2) is 5.10. The Morgan fingerprint density at radius 3 is 2.68 bits per heavy atom. The lowest BCUT2D eigenvalue weighted by atomic mass is 10.0. The predicted molar refractivity (Wildman–Crippen MR) is 81.7 cm³/mol. The first-order chi connectivity index (χ1) is 10.7. The fourth-order valence-electron chi connectivity index (χ4n) is 3.03. The van der Waals surface area contributed by atoms with Gasteiger partial charge in [0, 0.05) is 6.04 Å². The molecule has 22 heavy (non-hydrogen) atoms. The van der Waals surface area contributed by atoms with Gasteiger partial charge in [-0.2, -0.15) is 0 Å². The summed E-state index contributed by atoms with van der Waals surface area (Å²) < 4.78 is 0. The summed E-state index contributed by atoms with van der Waals surface area (Å²) in [6.07, 6.45) is 6.63. The van der Waals surface area contributed by atoms with Crippen LogP contribution < -0.4 is 5.32 Å². The molecule has 0 unspecified atom stereocenters. The van der Waals surface area contributed by atoms with Crippen LogP contribution in [0.15, 0.2) is 12.7 Å².